The topological polar surface area (TPSA) is 73.9 Å². The first-order chi connectivity index (χ1) is 14.5. The molecule has 30 heavy (non-hydrogen) atoms. The number of hydrogen-bond acceptors (Lipinski definition) is 6. The summed E-state index contributed by atoms with van der Waals surface area (Å²) in [6, 6.07) is 14.8. The number of aryl methyl sites for hydroxylation is 1. The maximum Gasteiger partial charge on any atom is 0.341 e. The SMILES string of the molecule is CCOC(=O)c1c(-c2ccc(OC)cc2)csc1NC(=O)COc1ccccc1C. The van der Waals surface area contributed by atoms with E-state index in [1.54, 1.807) is 20.1 Å². The van der Waals surface area contributed by atoms with Crippen LogP contribution in [0.2, 0.25) is 0 Å². The number of anilines is 1. The predicted molar refractivity (Wildman–Crippen MR) is 118 cm³/mol. The van der Waals surface area contributed by atoms with Crippen molar-refractivity contribution in [3.8, 4) is 22.6 Å². The molecule has 0 unspecified atom stereocenters. The van der Waals surface area contributed by atoms with Crippen LogP contribution in [0.5, 0.6) is 11.5 Å². The molecular weight excluding hydrogens is 402 g/mol. The molecule has 1 heterocycles. The van der Waals surface area contributed by atoms with Crippen molar-refractivity contribution >= 4 is 28.2 Å². The highest BCUT2D eigenvalue weighted by molar-refractivity contribution is 7.15. The monoisotopic (exact) mass is 425 g/mol. The lowest BCUT2D eigenvalue weighted by Crippen LogP contribution is -2.21. The van der Waals surface area contributed by atoms with Crippen LogP contribution in [0.4, 0.5) is 5.00 Å². The van der Waals surface area contributed by atoms with Crippen LogP contribution < -0.4 is 14.8 Å². The molecule has 0 atom stereocenters. The molecule has 0 aliphatic rings. The molecule has 0 saturated heterocycles. The van der Waals surface area contributed by atoms with Crippen LogP contribution in [0.15, 0.2) is 53.9 Å². The molecule has 156 valence electrons. The molecule has 0 bridgehead atoms. The molecule has 1 amide bonds. The van der Waals surface area contributed by atoms with Crippen LogP contribution >= 0.6 is 11.3 Å². The number of benzene rings is 2. The van der Waals surface area contributed by atoms with Crippen molar-refractivity contribution in [1.29, 1.82) is 0 Å². The van der Waals surface area contributed by atoms with Gasteiger partial charge in [-0.25, -0.2) is 4.79 Å². The number of thiophene rings is 1. The fourth-order valence-electron chi connectivity index (χ4n) is 2.86. The molecule has 6 nitrogen and oxygen atoms in total. The largest absolute Gasteiger partial charge is 0.497 e. The molecule has 0 aliphatic heterocycles. The van der Waals surface area contributed by atoms with Crippen LogP contribution in [0.1, 0.15) is 22.8 Å². The summed E-state index contributed by atoms with van der Waals surface area (Å²) in [4.78, 5) is 25.1. The van der Waals surface area contributed by atoms with E-state index < -0.39 is 5.97 Å². The van der Waals surface area contributed by atoms with Crippen molar-refractivity contribution in [3.63, 3.8) is 0 Å². The molecular formula is C23H23NO5S. The zero-order valence-electron chi connectivity index (χ0n) is 17.1. The van der Waals surface area contributed by atoms with Crippen LogP contribution in [0.3, 0.4) is 0 Å². The van der Waals surface area contributed by atoms with E-state index >= 15 is 0 Å². The number of methoxy groups -OCH3 is 1. The van der Waals surface area contributed by atoms with E-state index in [2.05, 4.69) is 5.32 Å². The van der Waals surface area contributed by atoms with Gasteiger partial charge in [-0.05, 0) is 43.2 Å². The van der Waals surface area contributed by atoms with Gasteiger partial charge in [-0.2, -0.15) is 0 Å². The minimum Gasteiger partial charge on any atom is -0.497 e. The molecule has 0 spiro atoms. The van der Waals surface area contributed by atoms with E-state index in [9.17, 15) is 9.59 Å². The highest BCUT2D eigenvalue weighted by atomic mass is 32.1. The van der Waals surface area contributed by atoms with Gasteiger partial charge in [0.2, 0.25) is 0 Å². The van der Waals surface area contributed by atoms with E-state index in [1.165, 1.54) is 11.3 Å². The van der Waals surface area contributed by atoms with Gasteiger partial charge < -0.3 is 19.5 Å². The average molecular weight is 426 g/mol. The summed E-state index contributed by atoms with van der Waals surface area (Å²) in [6.45, 7) is 3.72. The molecule has 3 aromatic rings. The molecule has 1 N–H and O–H groups in total. The van der Waals surface area contributed by atoms with Crippen molar-refractivity contribution in [2.24, 2.45) is 0 Å². The van der Waals surface area contributed by atoms with Crippen molar-refractivity contribution < 1.29 is 23.8 Å². The van der Waals surface area contributed by atoms with E-state index in [0.717, 1.165) is 11.1 Å². The van der Waals surface area contributed by atoms with E-state index in [1.807, 2.05) is 54.8 Å². The van der Waals surface area contributed by atoms with Crippen molar-refractivity contribution in [2.45, 2.75) is 13.8 Å². The number of amides is 1. The number of nitrogens with one attached hydrogen (secondary N) is 1. The smallest absolute Gasteiger partial charge is 0.341 e. The number of carbonyl (C=O) groups is 2. The predicted octanol–water partition coefficient (Wildman–Crippen LogP) is 4.93. The van der Waals surface area contributed by atoms with Gasteiger partial charge >= 0.3 is 5.97 Å². The van der Waals surface area contributed by atoms with Gasteiger partial charge in [-0.15, -0.1) is 11.3 Å². The molecule has 0 saturated carbocycles. The Morgan fingerprint density at radius 3 is 2.47 bits per heavy atom. The number of rotatable bonds is 8. The summed E-state index contributed by atoms with van der Waals surface area (Å²) in [5.74, 6) is 0.517. The van der Waals surface area contributed by atoms with Crippen molar-refractivity contribution in [2.75, 3.05) is 25.6 Å². The Labute approximate surface area is 179 Å². The minimum absolute atomic E-state index is 0.164. The highest BCUT2D eigenvalue weighted by Crippen LogP contribution is 2.36. The Bertz CT molecular complexity index is 1030. The first-order valence-corrected chi connectivity index (χ1v) is 10.3. The number of ether oxygens (including phenoxy) is 3. The van der Waals surface area contributed by atoms with Crippen LogP contribution in [-0.4, -0.2) is 32.2 Å². The Balaban J connectivity index is 1.81. The van der Waals surface area contributed by atoms with Gasteiger partial charge in [-0.3, -0.25) is 4.79 Å². The van der Waals surface area contributed by atoms with Crippen LogP contribution in [0, 0.1) is 6.92 Å². The molecule has 0 radical (unpaired) electrons. The van der Waals surface area contributed by atoms with Crippen molar-refractivity contribution in [3.05, 3.63) is 65.0 Å². The summed E-state index contributed by atoms with van der Waals surface area (Å²) < 4.78 is 16.0. The third-order valence-electron chi connectivity index (χ3n) is 4.38. The Kier molecular flexibility index (Phi) is 7.08. The van der Waals surface area contributed by atoms with Gasteiger partial charge in [-0.1, -0.05) is 30.3 Å². The van der Waals surface area contributed by atoms with E-state index in [4.69, 9.17) is 14.2 Å². The summed E-state index contributed by atoms with van der Waals surface area (Å²) in [7, 11) is 1.59. The maximum absolute atomic E-state index is 12.6. The second kappa shape index (κ2) is 9.93. The lowest BCUT2D eigenvalue weighted by Gasteiger charge is -2.11. The van der Waals surface area contributed by atoms with Crippen LogP contribution in [-0.2, 0) is 9.53 Å². The normalized spacial score (nSPS) is 10.4. The number of esters is 1. The summed E-state index contributed by atoms with van der Waals surface area (Å²) >= 11 is 1.27. The Hall–Kier alpha value is -3.32. The molecule has 2 aromatic carbocycles. The van der Waals surface area contributed by atoms with Crippen LogP contribution in [0.25, 0.3) is 11.1 Å². The molecule has 0 fully saturated rings. The first kappa shape index (κ1) is 21.4. The quantitative estimate of drug-likeness (QED) is 0.518. The summed E-state index contributed by atoms with van der Waals surface area (Å²) in [5.41, 5.74) is 2.79. The second-order valence-corrected chi connectivity index (χ2v) is 7.28. The average Bonchev–Trinajstić information content (AvgIpc) is 3.17. The molecule has 0 aliphatic carbocycles. The van der Waals surface area contributed by atoms with Gasteiger partial charge in [0, 0.05) is 10.9 Å². The van der Waals surface area contributed by atoms with Gasteiger partial charge in [0.1, 0.15) is 22.1 Å². The van der Waals surface area contributed by atoms with Gasteiger partial charge in [0.25, 0.3) is 5.91 Å². The van der Waals surface area contributed by atoms with E-state index in [-0.39, 0.29) is 19.1 Å². The highest BCUT2D eigenvalue weighted by Gasteiger charge is 2.23. The zero-order valence-corrected chi connectivity index (χ0v) is 17.9. The lowest BCUT2D eigenvalue weighted by molar-refractivity contribution is -0.118. The fourth-order valence-corrected chi connectivity index (χ4v) is 3.84. The van der Waals surface area contributed by atoms with E-state index in [0.29, 0.717) is 27.6 Å². The fraction of sp³-hybridized carbons (Fsp3) is 0.217. The molecule has 7 heteroatoms. The van der Waals surface area contributed by atoms with Crippen molar-refractivity contribution in [1.82, 2.24) is 0 Å². The third-order valence-corrected chi connectivity index (χ3v) is 5.27. The number of para-hydroxylation sites is 1. The maximum atomic E-state index is 12.6. The number of hydrogen-bond donors (Lipinski definition) is 1. The molecule has 1 aromatic heterocycles. The Morgan fingerprint density at radius 2 is 1.80 bits per heavy atom. The minimum atomic E-state index is -0.486. The second-order valence-electron chi connectivity index (χ2n) is 6.40. The lowest BCUT2D eigenvalue weighted by atomic mass is 10.0. The Morgan fingerprint density at radius 1 is 1.07 bits per heavy atom. The third kappa shape index (κ3) is 4.99. The van der Waals surface area contributed by atoms with Gasteiger partial charge in [0.05, 0.1) is 13.7 Å². The standard InChI is InChI=1S/C23H23NO5S/c1-4-28-23(26)21-18(16-9-11-17(27-3)12-10-16)14-30-22(21)24-20(25)13-29-19-8-6-5-7-15(19)2/h5-12,14H,4,13H2,1-3H3,(H,24,25). The zero-order chi connectivity index (χ0) is 21.5. The van der Waals surface area contributed by atoms with Gasteiger partial charge in [0.15, 0.2) is 6.61 Å². The first-order valence-electron chi connectivity index (χ1n) is 9.44. The summed E-state index contributed by atoms with van der Waals surface area (Å²) in [6.07, 6.45) is 0. The number of carbonyl (C=O) groups excluding carboxylic acids is 2. The summed E-state index contributed by atoms with van der Waals surface area (Å²) in [5, 5.41) is 5.03. The molecule has 3 rings (SSSR count).